The van der Waals surface area contributed by atoms with Gasteiger partial charge in [-0.1, -0.05) is 29.8 Å². The van der Waals surface area contributed by atoms with Gasteiger partial charge in [0.2, 0.25) is 5.95 Å². The monoisotopic (exact) mass is 307 g/mol. The Morgan fingerprint density at radius 3 is 2.65 bits per heavy atom. The van der Waals surface area contributed by atoms with E-state index in [2.05, 4.69) is 26.4 Å². The molecule has 6 heteroatoms. The summed E-state index contributed by atoms with van der Waals surface area (Å²) in [6.45, 7) is 3.81. The van der Waals surface area contributed by atoms with Gasteiger partial charge in [0.15, 0.2) is 0 Å². The molecule has 2 heterocycles. The lowest BCUT2D eigenvalue weighted by molar-refractivity contribution is 0.102. The maximum atomic E-state index is 12.4. The molecule has 6 nitrogen and oxygen atoms in total. The van der Waals surface area contributed by atoms with Crippen LogP contribution in [-0.4, -0.2) is 25.7 Å². The Hall–Kier alpha value is -3.02. The Morgan fingerprint density at radius 1 is 1.13 bits per heavy atom. The maximum Gasteiger partial charge on any atom is 0.259 e. The summed E-state index contributed by atoms with van der Waals surface area (Å²) in [4.78, 5) is 20.7. The normalized spacial score (nSPS) is 10.6. The van der Waals surface area contributed by atoms with E-state index in [-0.39, 0.29) is 5.91 Å². The number of carbonyl (C=O) groups excluding carboxylic acids is 1. The van der Waals surface area contributed by atoms with Gasteiger partial charge in [0.1, 0.15) is 5.82 Å². The highest BCUT2D eigenvalue weighted by Gasteiger charge is 2.12. The largest absolute Gasteiger partial charge is 0.291 e. The molecule has 23 heavy (non-hydrogen) atoms. The summed E-state index contributed by atoms with van der Waals surface area (Å²) in [5, 5.41) is 6.86. The maximum absolute atomic E-state index is 12.4. The summed E-state index contributed by atoms with van der Waals surface area (Å²) < 4.78 is 1.53. The van der Waals surface area contributed by atoms with Crippen molar-refractivity contribution < 1.29 is 4.79 Å². The number of anilines is 1. The summed E-state index contributed by atoms with van der Waals surface area (Å²) in [6.07, 6.45) is 3.29. The molecule has 0 bridgehead atoms. The van der Waals surface area contributed by atoms with Crippen LogP contribution in [0, 0.1) is 13.8 Å². The molecular formula is C17H17N5O. The van der Waals surface area contributed by atoms with E-state index in [4.69, 9.17) is 0 Å². The molecule has 0 fully saturated rings. The molecule has 0 aliphatic carbocycles. The number of hydrogen-bond acceptors (Lipinski definition) is 4. The van der Waals surface area contributed by atoms with Crippen LogP contribution in [0.2, 0.25) is 0 Å². The van der Waals surface area contributed by atoms with Gasteiger partial charge >= 0.3 is 0 Å². The van der Waals surface area contributed by atoms with Gasteiger partial charge in [-0.2, -0.15) is 10.1 Å². The summed E-state index contributed by atoms with van der Waals surface area (Å²) in [5.74, 6) is 0.755. The van der Waals surface area contributed by atoms with Gasteiger partial charge in [-0.15, -0.1) is 0 Å². The van der Waals surface area contributed by atoms with Crippen LogP contribution in [0.1, 0.15) is 21.7 Å². The van der Waals surface area contributed by atoms with Crippen molar-refractivity contribution in [2.24, 2.45) is 7.05 Å². The first-order chi connectivity index (χ1) is 11.0. The minimum Gasteiger partial charge on any atom is -0.291 e. The molecule has 116 valence electrons. The molecule has 0 unspecified atom stereocenters. The third-order valence-corrected chi connectivity index (χ3v) is 3.45. The highest BCUT2D eigenvalue weighted by atomic mass is 16.1. The molecule has 0 radical (unpaired) electrons. The summed E-state index contributed by atoms with van der Waals surface area (Å²) in [7, 11) is 1.73. The second-order valence-electron chi connectivity index (χ2n) is 5.39. The lowest BCUT2D eigenvalue weighted by Crippen LogP contribution is -2.15. The van der Waals surface area contributed by atoms with E-state index in [1.807, 2.05) is 31.2 Å². The van der Waals surface area contributed by atoms with Gasteiger partial charge in [-0.05, 0) is 25.5 Å². The Labute approximate surface area is 134 Å². The molecule has 0 saturated heterocycles. The molecular weight excluding hydrogens is 290 g/mol. The smallest absolute Gasteiger partial charge is 0.259 e. The molecule has 0 aliphatic heterocycles. The quantitative estimate of drug-likeness (QED) is 0.807. The molecule has 0 atom stereocenters. The van der Waals surface area contributed by atoms with Crippen LogP contribution in [0.5, 0.6) is 0 Å². The minimum absolute atomic E-state index is 0.262. The van der Waals surface area contributed by atoms with E-state index >= 15 is 0 Å². The molecule has 3 rings (SSSR count). The topological polar surface area (TPSA) is 72.7 Å². The summed E-state index contributed by atoms with van der Waals surface area (Å²) in [6, 6.07) is 9.90. The number of nitrogens with zero attached hydrogens (tertiary/aromatic N) is 4. The number of amides is 1. The highest BCUT2D eigenvalue weighted by molar-refractivity contribution is 6.03. The average Bonchev–Trinajstić information content (AvgIpc) is 2.85. The summed E-state index contributed by atoms with van der Waals surface area (Å²) >= 11 is 0. The molecule has 0 aliphatic rings. The third kappa shape index (κ3) is 3.26. The van der Waals surface area contributed by atoms with Gasteiger partial charge in [-0.25, -0.2) is 4.68 Å². The van der Waals surface area contributed by atoms with Gasteiger partial charge in [0.25, 0.3) is 5.91 Å². The predicted molar refractivity (Wildman–Crippen MR) is 88.1 cm³/mol. The Balaban J connectivity index is 1.87. The lowest BCUT2D eigenvalue weighted by atomic mass is 10.0. The Morgan fingerprint density at radius 2 is 1.96 bits per heavy atom. The third-order valence-electron chi connectivity index (χ3n) is 3.45. The number of aryl methyl sites for hydroxylation is 3. The van der Waals surface area contributed by atoms with Crippen molar-refractivity contribution in [2.45, 2.75) is 13.8 Å². The van der Waals surface area contributed by atoms with Crippen LogP contribution in [0.25, 0.3) is 11.1 Å². The van der Waals surface area contributed by atoms with Crippen molar-refractivity contribution in [3.05, 3.63) is 59.7 Å². The molecule has 0 spiro atoms. The zero-order chi connectivity index (χ0) is 16.4. The number of carbonyl (C=O) groups is 1. The van der Waals surface area contributed by atoms with Gasteiger partial charge in [-0.3, -0.25) is 15.1 Å². The van der Waals surface area contributed by atoms with Crippen LogP contribution in [-0.2, 0) is 7.05 Å². The van der Waals surface area contributed by atoms with Crippen LogP contribution < -0.4 is 5.32 Å². The number of nitrogens with one attached hydrogen (secondary N) is 1. The summed E-state index contributed by atoms with van der Waals surface area (Å²) in [5.41, 5.74) is 3.56. The second-order valence-corrected chi connectivity index (χ2v) is 5.39. The SMILES string of the molecule is Cc1cccc(-c2cncc(C(=O)Nc3nc(C)nn3C)c2)c1. The first kappa shape index (κ1) is 14.9. The van der Waals surface area contributed by atoms with E-state index in [9.17, 15) is 4.79 Å². The van der Waals surface area contributed by atoms with Gasteiger partial charge in [0, 0.05) is 25.0 Å². The molecule has 3 aromatic rings. The van der Waals surface area contributed by atoms with E-state index < -0.39 is 0 Å². The van der Waals surface area contributed by atoms with Crippen molar-refractivity contribution in [3.8, 4) is 11.1 Å². The van der Waals surface area contributed by atoms with Crippen molar-refractivity contribution in [1.82, 2.24) is 19.7 Å². The number of benzene rings is 1. The molecule has 1 aromatic carbocycles. The molecule has 0 saturated carbocycles. The van der Waals surface area contributed by atoms with Gasteiger partial charge in [0.05, 0.1) is 5.56 Å². The Bertz CT molecular complexity index is 869. The second kappa shape index (κ2) is 6.00. The van der Waals surface area contributed by atoms with E-state index in [0.717, 1.165) is 16.7 Å². The van der Waals surface area contributed by atoms with Crippen molar-refractivity contribution in [1.29, 1.82) is 0 Å². The van der Waals surface area contributed by atoms with Crippen molar-refractivity contribution >= 4 is 11.9 Å². The Kier molecular flexibility index (Phi) is 3.89. The van der Waals surface area contributed by atoms with Crippen molar-refractivity contribution in [2.75, 3.05) is 5.32 Å². The molecule has 1 amide bonds. The molecule has 1 N–H and O–H groups in total. The number of hydrogen-bond donors (Lipinski definition) is 1. The van der Waals surface area contributed by atoms with Gasteiger partial charge < -0.3 is 0 Å². The fourth-order valence-corrected chi connectivity index (χ4v) is 2.34. The fourth-order valence-electron chi connectivity index (χ4n) is 2.34. The minimum atomic E-state index is -0.262. The lowest BCUT2D eigenvalue weighted by Gasteiger charge is -2.06. The number of pyridine rings is 1. The van der Waals surface area contributed by atoms with Crippen LogP contribution in [0.4, 0.5) is 5.95 Å². The number of rotatable bonds is 3. The highest BCUT2D eigenvalue weighted by Crippen LogP contribution is 2.20. The standard InChI is InChI=1S/C17H17N5O/c1-11-5-4-6-13(7-11)14-8-15(10-18-9-14)16(23)20-17-19-12(2)21-22(17)3/h4-10H,1-3H3,(H,19,20,21,23). The van der Waals surface area contributed by atoms with Crippen LogP contribution in [0.3, 0.4) is 0 Å². The first-order valence-corrected chi connectivity index (χ1v) is 7.24. The first-order valence-electron chi connectivity index (χ1n) is 7.24. The average molecular weight is 307 g/mol. The fraction of sp³-hybridized carbons (Fsp3) is 0.176. The van der Waals surface area contributed by atoms with E-state index in [1.165, 1.54) is 10.9 Å². The van der Waals surface area contributed by atoms with E-state index in [1.54, 1.807) is 20.2 Å². The predicted octanol–water partition coefficient (Wildman–Crippen LogP) is 2.75. The number of aromatic nitrogens is 4. The molecule has 2 aromatic heterocycles. The zero-order valence-corrected chi connectivity index (χ0v) is 13.2. The zero-order valence-electron chi connectivity index (χ0n) is 13.2. The van der Waals surface area contributed by atoms with Crippen molar-refractivity contribution in [3.63, 3.8) is 0 Å². The van der Waals surface area contributed by atoms with E-state index in [0.29, 0.717) is 17.3 Å². The van der Waals surface area contributed by atoms with Crippen LogP contribution >= 0.6 is 0 Å². The van der Waals surface area contributed by atoms with Crippen LogP contribution in [0.15, 0.2) is 42.7 Å².